The van der Waals surface area contributed by atoms with Gasteiger partial charge in [0, 0.05) is 12.5 Å². The average Bonchev–Trinajstić information content (AvgIpc) is 2.25. The van der Waals surface area contributed by atoms with Gasteiger partial charge in [-0.1, -0.05) is 0 Å². The Kier molecular flexibility index (Phi) is 6.09. The number of rotatable bonds is 5. The molecule has 2 nitrogen and oxygen atoms in total. The number of thioether (sulfide) groups is 1. The molecule has 1 saturated heterocycles. The lowest BCUT2D eigenvalue weighted by Crippen LogP contribution is -2.37. The van der Waals surface area contributed by atoms with Crippen molar-refractivity contribution in [2.24, 2.45) is 11.8 Å². The lowest BCUT2D eigenvalue weighted by molar-refractivity contribution is 0.356. The standard InChI is InChI=1S/C11H20N2S/c1-2-3-4-11(13-12)9-10-5-7-14-8-6-10/h1,10-11,13H,3-9,12H2. The fraction of sp³-hybridized carbons (Fsp3) is 0.818. The molecule has 80 valence electrons. The van der Waals surface area contributed by atoms with Crippen molar-refractivity contribution in [3.8, 4) is 12.3 Å². The van der Waals surface area contributed by atoms with Crippen LogP contribution in [0.15, 0.2) is 0 Å². The Bertz CT molecular complexity index is 182. The summed E-state index contributed by atoms with van der Waals surface area (Å²) in [5.41, 5.74) is 2.88. The van der Waals surface area contributed by atoms with Crippen LogP contribution in [0.1, 0.15) is 32.1 Å². The molecule has 3 heteroatoms. The van der Waals surface area contributed by atoms with Gasteiger partial charge < -0.3 is 0 Å². The van der Waals surface area contributed by atoms with Crippen molar-refractivity contribution in [2.45, 2.75) is 38.1 Å². The lowest BCUT2D eigenvalue weighted by Gasteiger charge is -2.25. The summed E-state index contributed by atoms with van der Waals surface area (Å²) in [5, 5.41) is 0. The maximum Gasteiger partial charge on any atom is 0.0222 e. The maximum absolute atomic E-state index is 5.51. The van der Waals surface area contributed by atoms with Crippen molar-refractivity contribution in [3.05, 3.63) is 0 Å². The minimum Gasteiger partial charge on any atom is -0.271 e. The fourth-order valence-corrected chi connectivity index (χ4v) is 3.12. The van der Waals surface area contributed by atoms with E-state index in [0.717, 1.165) is 18.8 Å². The average molecular weight is 212 g/mol. The molecule has 0 spiro atoms. The Morgan fingerprint density at radius 2 is 2.21 bits per heavy atom. The van der Waals surface area contributed by atoms with Crippen LogP contribution in [0.25, 0.3) is 0 Å². The Morgan fingerprint density at radius 1 is 1.50 bits per heavy atom. The highest BCUT2D eigenvalue weighted by atomic mass is 32.2. The highest BCUT2D eigenvalue weighted by Crippen LogP contribution is 2.26. The molecule has 1 rings (SSSR count). The second-order valence-electron chi connectivity index (χ2n) is 3.90. The van der Waals surface area contributed by atoms with Crippen molar-refractivity contribution in [1.29, 1.82) is 0 Å². The van der Waals surface area contributed by atoms with Crippen molar-refractivity contribution >= 4 is 11.8 Å². The van der Waals surface area contributed by atoms with Crippen molar-refractivity contribution < 1.29 is 0 Å². The predicted octanol–water partition coefficient (Wildman–Crippen LogP) is 1.76. The van der Waals surface area contributed by atoms with Gasteiger partial charge in [0.1, 0.15) is 0 Å². The van der Waals surface area contributed by atoms with Crippen molar-refractivity contribution in [2.75, 3.05) is 11.5 Å². The van der Waals surface area contributed by atoms with Crippen molar-refractivity contribution in [1.82, 2.24) is 5.43 Å². The van der Waals surface area contributed by atoms with E-state index in [9.17, 15) is 0 Å². The SMILES string of the molecule is C#CCCC(CC1CCSCC1)NN. The number of nitrogens with two attached hydrogens (primary N) is 1. The largest absolute Gasteiger partial charge is 0.271 e. The summed E-state index contributed by atoms with van der Waals surface area (Å²) in [6.45, 7) is 0. The molecule has 1 fully saturated rings. The van der Waals surface area contributed by atoms with E-state index in [1.54, 1.807) is 0 Å². The highest BCUT2D eigenvalue weighted by Gasteiger charge is 2.17. The number of hydrogen-bond donors (Lipinski definition) is 2. The topological polar surface area (TPSA) is 38.0 Å². The molecule has 0 amide bonds. The molecule has 1 aliphatic heterocycles. The van der Waals surface area contributed by atoms with Gasteiger partial charge in [-0.15, -0.1) is 12.3 Å². The molecule has 1 aliphatic rings. The first-order chi connectivity index (χ1) is 6.86. The minimum atomic E-state index is 0.416. The summed E-state index contributed by atoms with van der Waals surface area (Å²) >= 11 is 2.07. The number of nitrogens with one attached hydrogen (secondary N) is 1. The van der Waals surface area contributed by atoms with Gasteiger partial charge in [-0.25, -0.2) is 0 Å². The number of terminal acetylenes is 1. The molecule has 1 atom stereocenters. The molecule has 0 radical (unpaired) electrons. The van der Waals surface area contributed by atoms with E-state index in [-0.39, 0.29) is 0 Å². The van der Waals surface area contributed by atoms with Gasteiger partial charge in [0.25, 0.3) is 0 Å². The first kappa shape index (κ1) is 11.9. The zero-order valence-corrected chi connectivity index (χ0v) is 9.48. The Balaban J connectivity index is 2.20. The van der Waals surface area contributed by atoms with Crippen molar-refractivity contribution in [3.63, 3.8) is 0 Å². The van der Waals surface area contributed by atoms with Crippen LogP contribution < -0.4 is 11.3 Å². The van der Waals surface area contributed by atoms with Crippen LogP contribution >= 0.6 is 11.8 Å². The molecular formula is C11H20N2S. The molecule has 0 aromatic rings. The predicted molar refractivity (Wildman–Crippen MR) is 63.8 cm³/mol. The normalized spacial score (nSPS) is 20.3. The van der Waals surface area contributed by atoms with Crippen LogP contribution in [0.5, 0.6) is 0 Å². The summed E-state index contributed by atoms with van der Waals surface area (Å²) in [5.74, 6) is 11.7. The van der Waals surface area contributed by atoms with Crippen LogP contribution in [0.3, 0.4) is 0 Å². The van der Waals surface area contributed by atoms with Crippen LogP contribution in [0.4, 0.5) is 0 Å². The van der Waals surface area contributed by atoms with Gasteiger partial charge in [0.05, 0.1) is 0 Å². The third-order valence-corrected chi connectivity index (χ3v) is 3.88. The zero-order valence-electron chi connectivity index (χ0n) is 8.67. The summed E-state index contributed by atoms with van der Waals surface area (Å²) in [7, 11) is 0. The van der Waals surface area contributed by atoms with Gasteiger partial charge in [0.15, 0.2) is 0 Å². The third kappa shape index (κ3) is 4.36. The van der Waals surface area contributed by atoms with E-state index in [0.29, 0.717) is 6.04 Å². The Hall–Kier alpha value is -0.170. The number of hydrazine groups is 1. The first-order valence-electron chi connectivity index (χ1n) is 5.34. The highest BCUT2D eigenvalue weighted by molar-refractivity contribution is 7.99. The minimum absolute atomic E-state index is 0.416. The molecule has 14 heavy (non-hydrogen) atoms. The zero-order chi connectivity index (χ0) is 10.2. The van der Waals surface area contributed by atoms with E-state index >= 15 is 0 Å². The lowest BCUT2D eigenvalue weighted by atomic mass is 9.92. The maximum atomic E-state index is 5.51. The molecule has 0 bridgehead atoms. The van der Waals surface area contributed by atoms with Crippen LogP contribution in [0.2, 0.25) is 0 Å². The smallest absolute Gasteiger partial charge is 0.0222 e. The van der Waals surface area contributed by atoms with E-state index in [2.05, 4.69) is 23.1 Å². The summed E-state index contributed by atoms with van der Waals surface area (Å²) < 4.78 is 0. The molecule has 0 saturated carbocycles. The second kappa shape index (κ2) is 7.17. The monoisotopic (exact) mass is 212 g/mol. The molecule has 3 N–H and O–H groups in total. The van der Waals surface area contributed by atoms with E-state index in [1.807, 2.05) is 0 Å². The molecule has 0 aromatic carbocycles. The molecule has 0 aliphatic carbocycles. The van der Waals surface area contributed by atoms with Gasteiger partial charge in [-0.3, -0.25) is 11.3 Å². The fourth-order valence-electron chi connectivity index (χ4n) is 1.91. The van der Waals surface area contributed by atoms with Gasteiger partial charge in [-0.2, -0.15) is 11.8 Å². The summed E-state index contributed by atoms with van der Waals surface area (Å²) in [6, 6.07) is 0.416. The Morgan fingerprint density at radius 3 is 2.79 bits per heavy atom. The second-order valence-corrected chi connectivity index (χ2v) is 5.12. The summed E-state index contributed by atoms with van der Waals surface area (Å²) in [4.78, 5) is 0. The van der Waals surface area contributed by atoms with Crippen LogP contribution in [-0.4, -0.2) is 17.5 Å². The molecule has 1 heterocycles. The Labute approximate surface area is 91.4 Å². The van der Waals surface area contributed by atoms with E-state index in [1.165, 1.54) is 30.8 Å². The molecule has 1 unspecified atom stereocenters. The number of hydrogen-bond acceptors (Lipinski definition) is 3. The van der Waals surface area contributed by atoms with Gasteiger partial charge in [-0.05, 0) is 43.1 Å². The summed E-state index contributed by atoms with van der Waals surface area (Å²) in [6.07, 6.45) is 11.0. The molecule has 0 aromatic heterocycles. The molecular weight excluding hydrogens is 192 g/mol. The van der Waals surface area contributed by atoms with E-state index < -0.39 is 0 Å². The third-order valence-electron chi connectivity index (χ3n) is 2.83. The quantitative estimate of drug-likeness (QED) is 0.414. The van der Waals surface area contributed by atoms with E-state index in [4.69, 9.17) is 12.3 Å². The van der Waals surface area contributed by atoms with Gasteiger partial charge in [0.2, 0.25) is 0 Å². The van der Waals surface area contributed by atoms with Gasteiger partial charge >= 0.3 is 0 Å². The van der Waals surface area contributed by atoms with Crippen LogP contribution in [0, 0.1) is 18.3 Å². The first-order valence-corrected chi connectivity index (χ1v) is 6.49. The van der Waals surface area contributed by atoms with Crippen LogP contribution in [-0.2, 0) is 0 Å².